The van der Waals surface area contributed by atoms with E-state index >= 15 is 0 Å². The van der Waals surface area contributed by atoms with Gasteiger partial charge >= 0.3 is 0 Å². The zero-order valence-electron chi connectivity index (χ0n) is 10.8. The maximum absolute atomic E-state index is 11.7. The summed E-state index contributed by atoms with van der Waals surface area (Å²) < 4.78 is 0. The summed E-state index contributed by atoms with van der Waals surface area (Å²) in [7, 11) is 0. The summed E-state index contributed by atoms with van der Waals surface area (Å²) in [6.07, 6.45) is 3.60. The fourth-order valence-electron chi connectivity index (χ4n) is 3.34. The number of hydrogen-bond donors (Lipinski definition) is 0. The highest BCUT2D eigenvalue weighted by Crippen LogP contribution is 2.40. The van der Waals surface area contributed by atoms with E-state index in [4.69, 9.17) is 0 Å². The maximum atomic E-state index is 11.7. The van der Waals surface area contributed by atoms with Crippen LogP contribution in [0.4, 0.5) is 0 Å². The fourth-order valence-corrected chi connectivity index (χ4v) is 3.34. The van der Waals surface area contributed by atoms with Crippen LogP contribution in [-0.4, -0.2) is 22.9 Å². The van der Waals surface area contributed by atoms with Crippen LogP contribution in [0.2, 0.25) is 0 Å². The van der Waals surface area contributed by atoms with Gasteiger partial charge in [0.1, 0.15) is 0 Å². The van der Waals surface area contributed by atoms with Crippen LogP contribution < -0.4 is 0 Å². The minimum atomic E-state index is 0.101. The molecule has 0 N–H and O–H groups in total. The van der Waals surface area contributed by atoms with E-state index in [1.165, 1.54) is 19.3 Å². The van der Waals surface area contributed by atoms with Crippen LogP contribution in [0.15, 0.2) is 0 Å². The molecule has 1 aliphatic rings. The second-order valence-corrected chi connectivity index (χ2v) is 5.43. The average molecular weight is 211 g/mol. The van der Waals surface area contributed by atoms with E-state index in [2.05, 4.69) is 32.6 Å². The highest BCUT2D eigenvalue weighted by atomic mass is 16.2. The molecule has 1 fully saturated rings. The lowest BCUT2D eigenvalue weighted by Crippen LogP contribution is -2.60. The Morgan fingerprint density at radius 1 is 1.13 bits per heavy atom. The predicted molar refractivity (Wildman–Crippen MR) is 63.6 cm³/mol. The molecule has 1 rings (SSSR count). The molecule has 0 aromatic heterocycles. The summed E-state index contributed by atoms with van der Waals surface area (Å²) in [6, 6.07) is 0. The molecule has 0 aromatic carbocycles. The molecule has 0 bridgehead atoms. The molecule has 0 spiro atoms. The number of hydrogen-bond acceptors (Lipinski definition) is 1. The van der Waals surface area contributed by atoms with Crippen LogP contribution >= 0.6 is 0 Å². The molecule has 15 heavy (non-hydrogen) atoms. The first-order chi connectivity index (χ1) is 6.93. The Balaban J connectivity index is 3.05. The Morgan fingerprint density at radius 2 is 1.67 bits per heavy atom. The van der Waals surface area contributed by atoms with Gasteiger partial charge in [-0.25, -0.2) is 0 Å². The third kappa shape index (κ3) is 2.04. The molecule has 0 unspecified atom stereocenters. The molecule has 2 nitrogen and oxygen atoms in total. The minimum Gasteiger partial charge on any atom is -0.337 e. The van der Waals surface area contributed by atoms with Crippen LogP contribution in [0.5, 0.6) is 0 Å². The second kappa shape index (κ2) is 4.54. The van der Waals surface area contributed by atoms with Gasteiger partial charge in [-0.2, -0.15) is 0 Å². The molecule has 0 radical (unpaired) electrons. The van der Waals surface area contributed by atoms with E-state index in [0.717, 1.165) is 6.54 Å². The minimum absolute atomic E-state index is 0.101. The standard InChI is InChI=1S/C13H25NO/c1-10(2)13(11(3)4)8-6-7-9-14(13)12(5)15/h10-11H,6-9H2,1-5H3. The third-order valence-electron chi connectivity index (χ3n) is 4.09. The van der Waals surface area contributed by atoms with Gasteiger partial charge in [-0.1, -0.05) is 27.7 Å². The number of carbonyl (C=O) groups excluding carboxylic acids is 1. The molecule has 2 heteroatoms. The maximum Gasteiger partial charge on any atom is 0.219 e. The molecule has 1 aliphatic heterocycles. The van der Waals surface area contributed by atoms with E-state index in [-0.39, 0.29) is 11.4 Å². The van der Waals surface area contributed by atoms with Crippen molar-refractivity contribution in [1.29, 1.82) is 0 Å². The average Bonchev–Trinajstić information content (AvgIpc) is 2.16. The van der Waals surface area contributed by atoms with Crippen molar-refractivity contribution in [2.24, 2.45) is 11.8 Å². The van der Waals surface area contributed by atoms with Crippen molar-refractivity contribution in [3.8, 4) is 0 Å². The monoisotopic (exact) mass is 211 g/mol. The van der Waals surface area contributed by atoms with Crippen molar-refractivity contribution < 1.29 is 4.79 Å². The zero-order chi connectivity index (χ0) is 11.6. The molecule has 1 heterocycles. The Kier molecular flexibility index (Phi) is 3.80. The van der Waals surface area contributed by atoms with Gasteiger partial charge in [-0.15, -0.1) is 0 Å². The SMILES string of the molecule is CC(=O)N1CCCCC1(C(C)C)C(C)C. The first-order valence-electron chi connectivity index (χ1n) is 6.21. The Bertz CT molecular complexity index is 225. The van der Waals surface area contributed by atoms with Crippen LogP contribution in [0.25, 0.3) is 0 Å². The van der Waals surface area contributed by atoms with E-state index in [0.29, 0.717) is 11.8 Å². The first kappa shape index (κ1) is 12.5. The lowest BCUT2D eigenvalue weighted by atomic mass is 9.70. The molecule has 0 aromatic rings. The van der Waals surface area contributed by atoms with Gasteiger partial charge in [-0.3, -0.25) is 4.79 Å². The quantitative estimate of drug-likeness (QED) is 0.687. The van der Waals surface area contributed by atoms with E-state index in [1.807, 2.05) is 0 Å². The van der Waals surface area contributed by atoms with E-state index in [9.17, 15) is 4.79 Å². The third-order valence-corrected chi connectivity index (χ3v) is 4.09. The number of nitrogens with zero attached hydrogens (tertiary/aromatic N) is 1. The van der Waals surface area contributed by atoms with Crippen LogP contribution in [0.1, 0.15) is 53.9 Å². The van der Waals surface area contributed by atoms with Crippen molar-refractivity contribution in [3.63, 3.8) is 0 Å². The van der Waals surface area contributed by atoms with E-state index in [1.54, 1.807) is 6.92 Å². The van der Waals surface area contributed by atoms with Gasteiger partial charge in [0.05, 0.1) is 0 Å². The van der Waals surface area contributed by atoms with Gasteiger partial charge in [0.25, 0.3) is 0 Å². The molecule has 0 atom stereocenters. The molecule has 0 saturated carbocycles. The summed E-state index contributed by atoms with van der Waals surface area (Å²) in [5, 5.41) is 0. The second-order valence-electron chi connectivity index (χ2n) is 5.43. The summed E-state index contributed by atoms with van der Waals surface area (Å²) >= 11 is 0. The Hall–Kier alpha value is -0.530. The molecular weight excluding hydrogens is 186 g/mol. The highest BCUT2D eigenvalue weighted by molar-refractivity contribution is 5.74. The van der Waals surface area contributed by atoms with Gasteiger partial charge in [0.15, 0.2) is 0 Å². The van der Waals surface area contributed by atoms with Gasteiger partial charge in [0.2, 0.25) is 5.91 Å². The largest absolute Gasteiger partial charge is 0.337 e. The highest BCUT2D eigenvalue weighted by Gasteiger charge is 2.44. The van der Waals surface area contributed by atoms with Gasteiger partial charge in [-0.05, 0) is 31.1 Å². The molecule has 1 saturated heterocycles. The van der Waals surface area contributed by atoms with Gasteiger partial charge < -0.3 is 4.90 Å². The summed E-state index contributed by atoms with van der Waals surface area (Å²) in [5.41, 5.74) is 0.101. The zero-order valence-corrected chi connectivity index (χ0v) is 10.8. The number of likely N-dealkylation sites (tertiary alicyclic amines) is 1. The Morgan fingerprint density at radius 3 is 2.00 bits per heavy atom. The lowest BCUT2D eigenvalue weighted by molar-refractivity contribution is -0.143. The summed E-state index contributed by atoms with van der Waals surface area (Å²) in [4.78, 5) is 13.9. The molecule has 1 amide bonds. The topological polar surface area (TPSA) is 20.3 Å². The summed E-state index contributed by atoms with van der Waals surface area (Å²) in [5.74, 6) is 1.33. The molecular formula is C13H25NO. The van der Waals surface area contributed by atoms with Crippen LogP contribution in [-0.2, 0) is 4.79 Å². The number of rotatable bonds is 2. The fraction of sp³-hybridized carbons (Fsp3) is 0.923. The van der Waals surface area contributed by atoms with Crippen molar-refractivity contribution in [2.75, 3.05) is 6.54 Å². The summed E-state index contributed by atoms with van der Waals surface area (Å²) in [6.45, 7) is 11.7. The predicted octanol–water partition coefficient (Wildman–Crippen LogP) is 3.07. The Labute approximate surface area is 94.0 Å². The van der Waals surface area contributed by atoms with Crippen LogP contribution in [0, 0.1) is 11.8 Å². The van der Waals surface area contributed by atoms with Crippen molar-refractivity contribution in [3.05, 3.63) is 0 Å². The molecule has 88 valence electrons. The number of piperidine rings is 1. The van der Waals surface area contributed by atoms with Crippen molar-refractivity contribution in [2.45, 2.75) is 59.4 Å². The number of carbonyl (C=O) groups is 1. The van der Waals surface area contributed by atoms with Crippen molar-refractivity contribution in [1.82, 2.24) is 4.90 Å². The van der Waals surface area contributed by atoms with Crippen LogP contribution in [0.3, 0.4) is 0 Å². The lowest BCUT2D eigenvalue weighted by Gasteiger charge is -2.52. The smallest absolute Gasteiger partial charge is 0.219 e. The van der Waals surface area contributed by atoms with Gasteiger partial charge in [0, 0.05) is 19.0 Å². The normalized spacial score (nSPS) is 21.1. The number of amides is 1. The molecule has 0 aliphatic carbocycles. The van der Waals surface area contributed by atoms with E-state index < -0.39 is 0 Å². The van der Waals surface area contributed by atoms with Crippen molar-refractivity contribution >= 4 is 5.91 Å². The first-order valence-corrected chi connectivity index (χ1v) is 6.21.